The van der Waals surface area contributed by atoms with Crippen LogP contribution in [0.2, 0.25) is 0 Å². The smallest absolute Gasteiger partial charge is 0.260 e. The fourth-order valence-corrected chi connectivity index (χ4v) is 2.33. The van der Waals surface area contributed by atoms with E-state index >= 15 is 0 Å². The monoisotopic (exact) mass is 317 g/mol. The van der Waals surface area contributed by atoms with Gasteiger partial charge in [-0.15, -0.1) is 11.8 Å². The quantitative estimate of drug-likeness (QED) is 0.832. The lowest BCUT2D eigenvalue weighted by Gasteiger charge is -2.18. The first-order chi connectivity index (χ1) is 10.6. The first kappa shape index (κ1) is 16.2. The first-order valence-electron chi connectivity index (χ1n) is 6.88. The average molecular weight is 317 g/mol. The molecule has 2 aromatic carbocycles. The molecule has 0 unspecified atom stereocenters. The second-order valence-corrected chi connectivity index (χ2v) is 5.73. The van der Waals surface area contributed by atoms with Gasteiger partial charge in [-0.2, -0.15) is 0 Å². The molecule has 116 valence electrons. The highest BCUT2D eigenvalue weighted by Gasteiger charge is 2.11. The number of aromatic hydroxyl groups is 1. The minimum absolute atomic E-state index is 0.0330. The number of amides is 1. The topological polar surface area (TPSA) is 49.8 Å². The summed E-state index contributed by atoms with van der Waals surface area (Å²) in [6.07, 6.45) is 2.03. The van der Waals surface area contributed by atoms with Crippen LogP contribution in [0.4, 0.5) is 0 Å². The third kappa shape index (κ3) is 4.43. The Bertz CT molecular complexity index is 628. The predicted octanol–water partition coefficient (Wildman–Crippen LogP) is 3.15. The number of carbonyl (C=O) groups excluding carboxylic acids is 1. The first-order valence-corrected chi connectivity index (χ1v) is 8.10. The number of nitrogens with zero attached hydrogens (tertiary/aromatic N) is 1. The van der Waals surface area contributed by atoms with E-state index in [-0.39, 0.29) is 18.3 Å². The van der Waals surface area contributed by atoms with Crippen LogP contribution in [0.5, 0.6) is 11.5 Å². The van der Waals surface area contributed by atoms with Gasteiger partial charge in [0.25, 0.3) is 5.91 Å². The van der Waals surface area contributed by atoms with Crippen LogP contribution < -0.4 is 4.74 Å². The van der Waals surface area contributed by atoms with Crippen molar-refractivity contribution in [3.05, 3.63) is 54.1 Å². The minimum atomic E-state index is -0.141. The van der Waals surface area contributed by atoms with Crippen molar-refractivity contribution in [2.45, 2.75) is 11.4 Å². The molecular weight excluding hydrogens is 298 g/mol. The lowest BCUT2D eigenvalue weighted by Crippen LogP contribution is -2.30. The maximum absolute atomic E-state index is 12.1. The zero-order valence-corrected chi connectivity index (χ0v) is 13.5. The number of hydrogen-bond donors (Lipinski definition) is 1. The van der Waals surface area contributed by atoms with Crippen molar-refractivity contribution in [3.8, 4) is 11.5 Å². The number of phenols is 1. The summed E-state index contributed by atoms with van der Waals surface area (Å²) >= 11 is 1.69. The molecule has 0 aliphatic heterocycles. The van der Waals surface area contributed by atoms with Crippen LogP contribution >= 0.6 is 11.8 Å². The van der Waals surface area contributed by atoms with Crippen LogP contribution in [-0.2, 0) is 11.3 Å². The van der Waals surface area contributed by atoms with Gasteiger partial charge in [-0.1, -0.05) is 24.3 Å². The predicted molar refractivity (Wildman–Crippen MR) is 88.3 cm³/mol. The number of phenolic OH excluding ortho intramolecular Hbond substituents is 1. The van der Waals surface area contributed by atoms with Gasteiger partial charge in [0.2, 0.25) is 0 Å². The normalized spacial score (nSPS) is 10.3. The number of para-hydroxylation sites is 2. The van der Waals surface area contributed by atoms with E-state index < -0.39 is 0 Å². The summed E-state index contributed by atoms with van der Waals surface area (Å²) in [4.78, 5) is 14.9. The molecule has 22 heavy (non-hydrogen) atoms. The highest BCUT2D eigenvalue weighted by molar-refractivity contribution is 7.98. The fourth-order valence-electron chi connectivity index (χ4n) is 1.92. The lowest BCUT2D eigenvalue weighted by atomic mass is 10.2. The minimum Gasteiger partial charge on any atom is -0.504 e. The lowest BCUT2D eigenvalue weighted by molar-refractivity contribution is -0.132. The van der Waals surface area contributed by atoms with Gasteiger partial charge in [0.15, 0.2) is 18.1 Å². The second kappa shape index (κ2) is 7.75. The Morgan fingerprint density at radius 3 is 2.50 bits per heavy atom. The fraction of sp³-hybridized carbons (Fsp3) is 0.235. The maximum atomic E-state index is 12.1. The molecule has 0 bridgehead atoms. The van der Waals surface area contributed by atoms with Crippen molar-refractivity contribution in [2.24, 2.45) is 0 Å². The Morgan fingerprint density at radius 1 is 1.18 bits per heavy atom. The number of ether oxygens (including phenoxy) is 1. The van der Waals surface area contributed by atoms with Gasteiger partial charge >= 0.3 is 0 Å². The van der Waals surface area contributed by atoms with Crippen molar-refractivity contribution in [1.29, 1.82) is 0 Å². The molecule has 0 radical (unpaired) electrons. The Kier molecular flexibility index (Phi) is 5.72. The molecule has 1 amide bonds. The van der Waals surface area contributed by atoms with Gasteiger partial charge in [-0.05, 0) is 36.1 Å². The van der Waals surface area contributed by atoms with Gasteiger partial charge in [0.05, 0.1) is 0 Å². The second-order valence-electron chi connectivity index (χ2n) is 4.85. The van der Waals surface area contributed by atoms with E-state index in [1.165, 1.54) is 11.0 Å². The Labute approximate surface area is 134 Å². The molecule has 0 spiro atoms. The molecule has 0 saturated carbocycles. The van der Waals surface area contributed by atoms with E-state index in [0.717, 1.165) is 5.56 Å². The third-order valence-corrected chi connectivity index (χ3v) is 3.96. The van der Waals surface area contributed by atoms with E-state index in [4.69, 9.17) is 4.74 Å². The summed E-state index contributed by atoms with van der Waals surface area (Å²) in [6.45, 7) is 0.425. The molecular formula is C17H19NO3S. The van der Waals surface area contributed by atoms with E-state index in [1.807, 2.05) is 30.5 Å². The zero-order chi connectivity index (χ0) is 15.9. The largest absolute Gasteiger partial charge is 0.504 e. The summed E-state index contributed by atoms with van der Waals surface area (Å²) in [5.74, 6) is 0.205. The Hall–Kier alpha value is -2.14. The third-order valence-electron chi connectivity index (χ3n) is 3.22. The van der Waals surface area contributed by atoms with Gasteiger partial charge in [0, 0.05) is 18.5 Å². The van der Waals surface area contributed by atoms with Crippen molar-refractivity contribution >= 4 is 17.7 Å². The molecule has 1 N–H and O–H groups in total. The molecule has 0 saturated heterocycles. The van der Waals surface area contributed by atoms with E-state index in [0.29, 0.717) is 12.3 Å². The summed E-state index contributed by atoms with van der Waals surface area (Å²) < 4.78 is 5.35. The van der Waals surface area contributed by atoms with E-state index in [1.54, 1.807) is 41.9 Å². The summed E-state index contributed by atoms with van der Waals surface area (Å²) in [5.41, 5.74) is 1.07. The van der Waals surface area contributed by atoms with Crippen LogP contribution in [0.15, 0.2) is 53.4 Å². The molecule has 0 aliphatic carbocycles. The summed E-state index contributed by atoms with van der Waals surface area (Å²) in [6, 6.07) is 14.7. The van der Waals surface area contributed by atoms with Crippen molar-refractivity contribution in [3.63, 3.8) is 0 Å². The van der Waals surface area contributed by atoms with Crippen LogP contribution in [0.1, 0.15) is 5.56 Å². The SMILES string of the molecule is CSc1ccc(CN(C)C(=O)COc2ccccc2O)cc1. The maximum Gasteiger partial charge on any atom is 0.260 e. The Morgan fingerprint density at radius 2 is 1.86 bits per heavy atom. The van der Waals surface area contributed by atoms with Crippen molar-refractivity contribution in [1.82, 2.24) is 4.90 Å². The number of likely N-dealkylation sites (N-methyl/N-ethyl adjacent to an activating group) is 1. The molecule has 0 fully saturated rings. The van der Waals surface area contributed by atoms with Crippen LogP contribution in [-0.4, -0.2) is 35.8 Å². The van der Waals surface area contributed by atoms with Crippen LogP contribution in [0.25, 0.3) is 0 Å². The van der Waals surface area contributed by atoms with Gasteiger partial charge in [-0.3, -0.25) is 4.79 Å². The molecule has 2 aromatic rings. The number of benzene rings is 2. The van der Waals surface area contributed by atoms with Gasteiger partial charge in [-0.25, -0.2) is 0 Å². The number of thioether (sulfide) groups is 1. The van der Waals surface area contributed by atoms with Gasteiger partial charge in [0.1, 0.15) is 0 Å². The van der Waals surface area contributed by atoms with Crippen LogP contribution in [0, 0.1) is 0 Å². The Balaban J connectivity index is 1.87. The highest BCUT2D eigenvalue weighted by Crippen LogP contribution is 2.24. The molecule has 5 heteroatoms. The van der Waals surface area contributed by atoms with Crippen LogP contribution in [0.3, 0.4) is 0 Å². The molecule has 0 atom stereocenters. The highest BCUT2D eigenvalue weighted by atomic mass is 32.2. The summed E-state index contributed by atoms with van der Waals surface area (Å²) in [7, 11) is 1.74. The average Bonchev–Trinajstić information content (AvgIpc) is 2.54. The molecule has 0 aromatic heterocycles. The van der Waals surface area contributed by atoms with E-state index in [9.17, 15) is 9.90 Å². The van der Waals surface area contributed by atoms with Crippen molar-refractivity contribution in [2.75, 3.05) is 19.9 Å². The molecule has 4 nitrogen and oxygen atoms in total. The van der Waals surface area contributed by atoms with E-state index in [2.05, 4.69) is 0 Å². The molecule has 2 rings (SSSR count). The summed E-state index contributed by atoms with van der Waals surface area (Å²) in [5, 5.41) is 9.59. The zero-order valence-electron chi connectivity index (χ0n) is 12.7. The molecule has 0 heterocycles. The number of hydrogen-bond acceptors (Lipinski definition) is 4. The standard InChI is InChI=1S/C17H19NO3S/c1-18(11-13-7-9-14(22-2)10-8-13)17(20)12-21-16-6-4-3-5-15(16)19/h3-10,19H,11-12H2,1-2H3. The molecule has 0 aliphatic rings. The number of carbonyl (C=O) groups is 1. The number of rotatable bonds is 6. The van der Waals surface area contributed by atoms with Gasteiger partial charge < -0.3 is 14.7 Å². The van der Waals surface area contributed by atoms with Crippen molar-refractivity contribution < 1.29 is 14.6 Å².